The van der Waals surface area contributed by atoms with Gasteiger partial charge in [-0.1, -0.05) is 0 Å². The third-order valence-electron chi connectivity index (χ3n) is 1.31. The van der Waals surface area contributed by atoms with E-state index in [1.54, 1.807) is 7.11 Å². The van der Waals surface area contributed by atoms with Crippen molar-refractivity contribution in [2.75, 3.05) is 7.11 Å². The van der Waals surface area contributed by atoms with Gasteiger partial charge in [0.1, 0.15) is 7.05 Å². The molecule has 1 rings (SSSR count). The van der Waals surface area contributed by atoms with Crippen LogP contribution in [-0.2, 0) is 18.4 Å². The highest BCUT2D eigenvalue weighted by Gasteiger charge is 1.94. The van der Waals surface area contributed by atoms with Gasteiger partial charge in [0.05, 0.1) is 6.61 Å². The van der Waals surface area contributed by atoms with Crippen molar-refractivity contribution in [3.63, 3.8) is 0 Å². The maximum atomic E-state index is 4.97. The monoisotopic (exact) mass is 138 g/mol. The summed E-state index contributed by atoms with van der Waals surface area (Å²) >= 11 is 0. The van der Waals surface area contributed by atoms with Gasteiger partial charge in [0.25, 0.3) is 0 Å². The van der Waals surface area contributed by atoms with Gasteiger partial charge in [-0.2, -0.15) is 0 Å². The van der Waals surface area contributed by atoms with E-state index >= 15 is 0 Å². The fourth-order valence-corrected chi connectivity index (χ4v) is 0.902. The van der Waals surface area contributed by atoms with Crippen LogP contribution in [0, 0.1) is 0 Å². The van der Waals surface area contributed by atoms with Crippen LogP contribution in [0.15, 0.2) is 24.5 Å². The summed E-state index contributed by atoms with van der Waals surface area (Å²) in [5.41, 5.74) is 1.20. The van der Waals surface area contributed by atoms with Gasteiger partial charge in [-0.25, -0.2) is 4.57 Å². The van der Waals surface area contributed by atoms with Gasteiger partial charge in [0, 0.05) is 18.7 Å². The summed E-state index contributed by atoms with van der Waals surface area (Å²) < 4.78 is 6.98. The number of pyridine rings is 1. The SMILES string of the molecule is COCc1ccc[n+](C)c1. The Morgan fingerprint density at radius 2 is 2.40 bits per heavy atom. The molecule has 0 fully saturated rings. The Labute approximate surface area is 61.1 Å². The number of aromatic nitrogens is 1. The normalized spacial score (nSPS) is 9.80. The molecule has 0 N–H and O–H groups in total. The lowest BCUT2D eigenvalue weighted by Crippen LogP contribution is -2.26. The van der Waals surface area contributed by atoms with Gasteiger partial charge >= 0.3 is 0 Å². The first-order chi connectivity index (χ1) is 4.83. The number of aryl methyl sites for hydroxylation is 1. The Hall–Kier alpha value is -0.890. The molecule has 0 unspecified atom stereocenters. The Bertz CT molecular complexity index is 210. The van der Waals surface area contributed by atoms with Crippen LogP contribution in [0.3, 0.4) is 0 Å². The molecule has 1 aromatic rings. The van der Waals surface area contributed by atoms with E-state index in [0.717, 1.165) is 0 Å². The molecular formula is C8H12NO+. The second-order valence-corrected chi connectivity index (χ2v) is 2.31. The maximum absolute atomic E-state index is 4.97. The number of rotatable bonds is 2. The second-order valence-electron chi connectivity index (χ2n) is 2.31. The van der Waals surface area contributed by atoms with Crippen LogP contribution in [0.1, 0.15) is 5.56 Å². The summed E-state index contributed by atoms with van der Waals surface area (Å²) in [5, 5.41) is 0. The zero-order chi connectivity index (χ0) is 7.40. The molecule has 0 saturated heterocycles. The molecule has 10 heavy (non-hydrogen) atoms. The van der Waals surface area contributed by atoms with Crippen molar-refractivity contribution in [3.05, 3.63) is 30.1 Å². The van der Waals surface area contributed by atoms with Crippen LogP contribution < -0.4 is 4.57 Å². The van der Waals surface area contributed by atoms with Gasteiger partial charge in [0.15, 0.2) is 12.4 Å². The lowest BCUT2D eigenvalue weighted by Gasteiger charge is -1.94. The van der Waals surface area contributed by atoms with Gasteiger partial charge in [-0.05, 0) is 6.07 Å². The first-order valence-corrected chi connectivity index (χ1v) is 3.26. The van der Waals surface area contributed by atoms with E-state index < -0.39 is 0 Å². The minimum absolute atomic E-state index is 0.689. The zero-order valence-electron chi connectivity index (χ0n) is 6.37. The van der Waals surface area contributed by atoms with E-state index in [-0.39, 0.29) is 0 Å². The lowest BCUT2D eigenvalue weighted by atomic mass is 10.3. The van der Waals surface area contributed by atoms with E-state index in [9.17, 15) is 0 Å². The molecule has 0 aliphatic rings. The van der Waals surface area contributed by atoms with Crippen LogP contribution in [0.25, 0.3) is 0 Å². The average molecular weight is 138 g/mol. The molecule has 0 saturated carbocycles. The largest absolute Gasteiger partial charge is 0.380 e. The summed E-state index contributed by atoms with van der Waals surface area (Å²) in [6.45, 7) is 0.689. The summed E-state index contributed by atoms with van der Waals surface area (Å²) in [6.07, 6.45) is 4.04. The summed E-state index contributed by atoms with van der Waals surface area (Å²) in [4.78, 5) is 0. The number of ether oxygens (including phenoxy) is 1. The number of hydrogen-bond acceptors (Lipinski definition) is 1. The predicted molar refractivity (Wildman–Crippen MR) is 38.3 cm³/mol. The standard InChI is InChI=1S/C8H12NO/c1-9-5-3-4-8(6-9)7-10-2/h3-6H,7H2,1-2H3/q+1. The highest BCUT2D eigenvalue weighted by atomic mass is 16.5. The molecule has 0 atom stereocenters. The third kappa shape index (κ3) is 1.81. The molecule has 0 aliphatic heterocycles. The first kappa shape index (κ1) is 7.22. The molecule has 0 aliphatic carbocycles. The van der Waals surface area contributed by atoms with Crippen LogP contribution >= 0.6 is 0 Å². The van der Waals surface area contributed by atoms with E-state index in [2.05, 4.69) is 0 Å². The molecular weight excluding hydrogens is 126 g/mol. The fourth-order valence-electron chi connectivity index (χ4n) is 0.902. The van der Waals surface area contributed by atoms with E-state index in [1.807, 2.05) is 36.1 Å². The molecule has 0 aromatic carbocycles. The van der Waals surface area contributed by atoms with Crippen LogP contribution in [0.4, 0.5) is 0 Å². The zero-order valence-corrected chi connectivity index (χ0v) is 6.37. The molecule has 2 heteroatoms. The summed E-state index contributed by atoms with van der Waals surface area (Å²) in [5.74, 6) is 0. The van der Waals surface area contributed by atoms with Gasteiger partial charge in [0.2, 0.25) is 0 Å². The van der Waals surface area contributed by atoms with Crippen molar-refractivity contribution in [2.24, 2.45) is 7.05 Å². The predicted octanol–water partition coefficient (Wildman–Crippen LogP) is 0.658. The maximum Gasteiger partial charge on any atom is 0.174 e. The molecule has 1 aromatic heterocycles. The van der Waals surface area contributed by atoms with Crippen molar-refractivity contribution in [1.82, 2.24) is 0 Å². The van der Waals surface area contributed by atoms with E-state index in [0.29, 0.717) is 6.61 Å². The van der Waals surface area contributed by atoms with Crippen molar-refractivity contribution < 1.29 is 9.30 Å². The smallest absolute Gasteiger partial charge is 0.174 e. The Morgan fingerprint density at radius 1 is 1.60 bits per heavy atom. The van der Waals surface area contributed by atoms with Crippen molar-refractivity contribution in [2.45, 2.75) is 6.61 Å². The molecule has 0 amide bonds. The fraction of sp³-hybridized carbons (Fsp3) is 0.375. The Balaban J connectivity index is 2.75. The van der Waals surface area contributed by atoms with Gasteiger partial charge in [-0.3, -0.25) is 0 Å². The Kier molecular flexibility index (Phi) is 2.40. The first-order valence-electron chi connectivity index (χ1n) is 3.26. The average Bonchev–Trinajstić information content (AvgIpc) is 1.88. The number of hydrogen-bond donors (Lipinski definition) is 0. The minimum atomic E-state index is 0.689. The second kappa shape index (κ2) is 3.32. The molecule has 0 bridgehead atoms. The van der Waals surface area contributed by atoms with E-state index in [1.165, 1.54) is 5.56 Å². The van der Waals surface area contributed by atoms with Gasteiger partial charge in [-0.15, -0.1) is 0 Å². The number of methoxy groups -OCH3 is 1. The van der Waals surface area contributed by atoms with Crippen LogP contribution in [0.2, 0.25) is 0 Å². The molecule has 0 radical (unpaired) electrons. The molecule has 1 heterocycles. The Morgan fingerprint density at radius 3 is 3.00 bits per heavy atom. The van der Waals surface area contributed by atoms with Gasteiger partial charge < -0.3 is 4.74 Å². The quantitative estimate of drug-likeness (QED) is 0.547. The van der Waals surface area contributed by atoms with Crippen LogP contribution in [-0.4, -0.2) is 7.11 Å². The van der Waals surface area contributed by atoms with Crippen molar-refractivity contribution >= 4 is 0 Å². The molecule has 0 spiro atoms. The van der Waals surface area contributed by atoms with Crippen LogP contribution in [0.5, 0.6) is 0 Å². The highest BCUT2D eigenvalue weighted by Crippen LogP contribution is 1.94. The lowest BCUT2D eigenvalue weighted by molar-refractivity contribution is -0.672. The third-order valence-corrected chi connectivity index (χ3v) is 1.31. The molecule has 2 nitrogen and oxygen atoms in total. The van der Waals surface area contributed by atoms with Crippen molar-refractivity contribution in [1.29, 1.82) is 0 Å². The topological polar surface area (TPSA) is 13.1 Å². The number of nitrogens with zero attached hydrogens (tertiary/aromatic N) is 1. The summed E-state index contributed by atoms with van der Waals surface area (Å²) in [6, 6.07) is 4.05. The van der Waals surface area contributed by atoms with E-state index in [4.69, 9.17) is 4.74 Å². The highest BCUT2D eigenvalue weighted by molar-refractivity contribution is 5.03. The molecule has 54 valence electrons. The summed E-state index contributed by atoms with van der Waals surface area (Å²) in [7, 11) is 3.70. The minimum Gasteiger partial charge on any atom is -0.380 e. The van der Waals surface area contributed by atoms with Crippen molar-refractivity contribution in [3.8, 4) is 0 Å².